The summed E-state index contributed by atoms with van der Waals surface area (Å²) in [5.41, 5.74) is 0.495. The van der Waals surface area contributed by atoms with Crippen LogP contribution in [0.4, 0.5) is 22.7 Å². The molecule has 4 amide bonds. The summed E-state index contributed by atoms with van der Waals surface area (Å²) in [7, 11) is 0. The van der Waals surface area contributed by atoms with E-state index in [1.165, 1.54) is 72.8 Å². The van der Waals surface area contributed by atoms with Gasteiger partial charge in [0.15, 0.2) is 0 Å². The van der Waals surface area contributed by atoms with E-state index in [1.54, 1.807) is 36.4 Å². The van der Waals surface area contributed by atoms with Crippen LogP contribution in [0.3, 0.4) is 0 Å². The Kier molecular flexibility index (Phi) is 6.33. The first-order valence-corrected chi connectivity index (χ1v) is 14.7. The van der Waals surface area contributed by atoms with Gasteiger partial charge in [0, 0.05) is 46.2 Å². The van der Waals surface area contributed by atoms with Crippen LogP contribution in [0.1, 0.15) is 41.4 Å². The third-order valence-corrected chi connectivity index (χ3v) is 8.50. The lowest BCUT2D eigenvalue weighted by Crippen LogP contribution is -2.40. The quantitative estimate of drug-likeness (QED) is 0.103. The Balaban J connectivity index is 1.04. The molecule has 236 valence electrons. The summed E-state index contributed by atoms with van der Waals surface area (Å²) < 4.78 is 5.93. The minimum absolute atomic E-state index is 0.0453. The smallest absolute Gasteiger partial charge is 0.270 e. The molecule has 0 N–H and O–H groups in total. The van der Waals surface area contributed by atoms with Crippen LogP contribution in [0.2, 0.25) is 0 Å². The van der Waals surface area contributed by atoms with Crippen LogP contribution < -0.4 is 14.5 Å². The number of rotatable bonds is 6. The minimum atomic E-state index is -0.697. The number of benzene rings is 6. The number of carbonyl (C=O) groups is 4. The van der Waals surface area contributed by atoms with Crippen LogP contribution >= 0.6 is 0 Å². The Morgan fingerprint density at radius 2 is 0.837 bits per heavy atom. The zero-order valence-corrected chi connectivity index (χ0v) is 24.9. The number of hydrogen-bond donors (Lipinski definition) is 0. The maximum absolute atomic E-state index is 13.5. The fourth-order valence-electron chi connectivity index (χ4n) is 6.33. The van der Waals surface area contributed by atoms with E-state index in [0.717, 1.165) is 9.80 Å². The summed E-state index contributed by atoms with van der Waals surface area (Å²) in [6.45, 7) is 0. The monoisotopic (exact) mass is 650 g/mol. The molecule has 0 aliphatic carbocycles. The Labute approximate surface area is 274 Å². The molecule has 0 unspecified atom stereocenters. The predicted octanol–water partition coefficient (Wildman–Crippen LogP) is 7.20. The Morgan fingerprint density at radius 3 is 1.20 bits per heavy atom. The molecule has 2 heterocycles. The Morgan fingerprint density at radius 1 is 0.469 bits per heavy atom. The van der Waals surface area contributed by atoms with Crippen molar-refractivity contribution in [2.24, 2.45) is 0 Å². The van der Waals surface area contributed by atoms with Crippen LogP contribution in [0.5, 0.6) is 11.5 Å². The lowest BCUT2D eigenvalue weighted by atomic mass is 9.93. The summed E-state index contributed by atoms with van der Waals surface area (Å²) in [6, 6.07) is 26.7. The van der Waals surface area contributed by atoms with Gasteiger partial charge in [-0.2, -0.15) is 0 Å². The molecule has 0 atom stereocenters. The highest BCUT2D eigenvalue weighted by atomic mass is 16.6. The van der Waals surface area contributed by atoms with E-state index in [1.807, 2.05) is 0 Å². The maximum Gasteiger partial charge on any atom is 0.270 e. The second kappa shape index (κ2) is 10.6. The van der Waals surface area contributed by atoms with Gasteiger partial charge in [-0.05, 0) is 71.4 Å². The van der Waals surface area contributed by atoms with Crippen molar-refractivity contribution in [2.75, 3.05) is 9.80 Å². The van der Waals surface area contributed by atoms with Crippen molar-refractivity contribution in [3.63, 3.8) is 0 Å². The molecular weight excluding hydrogens is 632 g/mol. The molecule has 8 rings (SSSR count). The highest BCUT2D eigenvalue weighted by Crippen LogP contribution is 2.38. The van der Waals surface area contributed by atoms with Crippen molar-refractivity contribution < 1.29 is 33.8 Å². The van der Waals surface area contributed by atoms with Crippen molar-refractivity contribution in [2.45, 2.75) is 0 Å². The largest absolute Gasteiger partial charge is 0.457 e. The summed E-state index contributed by atoms with van der Waals surface area (Å²) in [4.78, 5) is 77.7. The molecule has 0 saturated carbocycles. The van der Waals surface area contributed by atoms with Crippen LogP contribution in [0, 0.1) is 20.2 Å². The molecule has 6 aromatic rings. The van der Waals surface area contributed by atoms with Crippen LogP contribution in [0.15, 0.2) is 109 Å². The highest BCUT2D eigenvalue weighted by Gasteiger charge is 2.37. The van der Waals surface area contributed by atoms with Gasteiger partial charge in [0.05, 0.1) is 32.3 Å². The van der Waals surface area contributed by atoms with E-state index in [2.05, 4.69) is 0 Å². The molecule has 0 saturated heterocycles. The van der Waals surface area contributed by atoms with Gasteiger partial charge < -0.3 is 4.74 Å². The Hall–Kier alpha value is -7.28. The van der Waals surface area contributed by atoms with Crippen LogP contribution in [-0.2, 0) is 0 Å². The van der Waals surface area contributed by atoms with E-state index in [-0.39, 0.29) is 45.0 Å². The number of carbonyl (C=O) groups excluding carboxylic acids is 4. The number of nitro groups is 2. The first-order chi connectivity index (χ1) is 23.6. The predicted molar refractivity (Wildman–Crippen MR) is 176 cm³/mol. The fourth-order valence-corrected chi connectivity index (χ4v) is 6.33. The average Bonchev–Trinajstić information content (AvgIpc) is 3.10. The number of ether oxygens (including phenoxy) is 1. The first kappa shape index (κ1) is 29.1. The topological polar surface area (TPSA) is 170 Å². The van der Waals surface area contributed by atoms with Crippen LogP contribution in [0.25, 0.3) is 21.5 Å². The van der Waals surface area contributed by atoms with E-state index in [4.69, 9.17) is 4.74 Å². The number of imide groups is 2. The van der Waals surface area contributed by atoms with Gasteiger partial charge in [-0.1, -0.05) is 24.3 Å². The van der Waals surface area contributed by atoms with Gasteiger partial charge in [0.25, 0.3) is 35.0 Å². The number of hydrogen-bond acceptors (Lipinski definition) is 9. The molecule has 49 heavy (non-hydrogen) atoms. The second-order valence-electron chi connectivity index (χ2n) is 11.3. The fraction of sp³-hybridized carbons (Fsp3) is 0. The van der Waals surface area contributed by atoms with Crippen molar-refractivity contribution in [1.29, 1.82) is 0 Å². The summed E-state index contributed by atoms with van der Waals surface area (Å²) in [6.07, 6.45) is 0. The minimum Gasteiger partial charge on any atom is -0.457 e. The molecule has 0 fully saturated rings. The van der Waals surface area contributed by atoms with Gasteiger partial charge in [-0.15, -0.1) is 0 Å². The molecule has 6 aromatic carbocycles. The molecule has 13 heteroatoms. The Bertz CT molecular complexity index is 2340. The van der Waals surface area contributed by atoms with Gasteiger partial charge >= 0.3 is 0 Å². The molecule has 0 spiro atoms. The summed E-state index contributed by atoms with van der Waals surface area (Å²) >= 11 is 0. The number of nitro benzene ring substituents is 2. The van der Waals surface area contributed by atoms with Gasteiger partial charge in [0.1, 0.15) is 11.5 Å². The van der Waals surface area contributed by atoms with Gasteiger partial charge in [-0.3, -0.25) is 39.4 Å². The molecule has 0 aromatic heterocycles. The van der Waals surface area contributed by atoms with Crippen molar-refractivity contribution in [3.05, 3.63) is 152 Å². The molecule has 13 nitrogen and oxygen atoms in total. The zero-order valence-electron chi connectivity index (χ0n) is 24.9. The molecule has 0 radical (unpaired) electrons. The number of anilines is 2. The third-order valence-electron chi connectivity index (χ3n) is 8.50. The molecule has 2 aliphatic rings. The van der Waals surface area contributed by atoms with Crippen molar-refractivity contribution in [1.82, 2.24) is 0 Å². The normalized spacial score (nSPS) is 13.7. The second-order valence-corrected chi connectivity index (χ2v) is 11.3. The lowest BCUT2D eigenvalue weighted by Gasteiger charge is -2.27. The number of nitrogens with zero attached hydrogens (tertiary/aromatic N) is 4. The van der Waals surface area contributed by atoms with Gasteiger partial charge in [0.2, 0.25) is 0 Å². The molecular formula is C36H18N4O9. The first-order valence-electron chi connectivity index (χ1n) is 14.7. The number of amides is 4. The standard InChI is InChI=1S/C36H18N4O9/c41-33-27-5-1-3-19-15-23(39(45)46)17-29(31(19)27)35(43)37(33)21-7-11-25(12-8-21)49-26-13-9-22(10-14-26)38-34(42)28-6-2-4-20-16-24(40(47)48)18-30(32(20)28)36(38)44/h1-18H. The van der Waals surface area contributed by atoms with E-state index in [0.29, 0.717) is 33.0 Å². The van der Waals surface area contributed by atoms with Crippen LogP contribution in [-0.4, -0.2) is 33.5 Å². The van der Waals surface area contributed by atoms with E-state index >= 15 is 0 Å². The summed E-state index contributed by atoms with van der Waals surface area (Å²) in [5, 5.41) is 24.6. The number of non-ortho nitro benzene ring substituents is 2. The van der Waals surface area contributed by atoms with Crippen molar-refractivity contribution in [3.8, 4) is 11.5 Å². The van der Waals surface area contributed by atoms with E-state index in [9.17, 15) is 39.4 Å². The molecule has 2 aliphatic heterocycles. The van der Waals surface area contributed by atoms with Gasteiger partial charge in [-0.25, -0.2) is 9.80 Å². The maximum atomic E-state index is 13.5. The SMILES string of the molecule is O=C1c2cccc3cc([N+](=O)[O-])cc(c23)C(=O)N1c1ccc(Oc2ccc(N3C(=O)c4cccc5cc([N+](=O)[O-])cc(c45)C3=O)cc2)cc1. The zero-order chi connectivity index (χ0) is 34.1. The van der Waals surface area contributed by atoms with Crippen molar-refractivity contribution >= 4 is 67.9 Å². The highest BCUT2D eigenvalue weighted by molar-refractivity contribution is 6.37. The average molecular weight is 651 g/mol. The third kappa shape index (κ3) is 4.48. The van der Waals surface area contributed by atoms with E-state index < -0.39 is 33.5 Å². The summed E-state index contributed by atoms with van der Waals surface area (Å²) in [5.74, 6) is -1.86. The molecule has 0 bridgehead atoms. The lowest BCUT2D eigenvalue weighted by molar-refractivity contribution is -0.384.